The fourth-order valence-electron chi connectivity index (χ4n) is 10.4. The average molecular weight is 1220 g/mol. The molecule has 0 amide bonds. The van der Waals surface area contributed by atoms with Crippen molar-refractivity contribution >= 4 is 103 Å². The van der Waals surface area contributed by atoms with Gasteiger partial charge in [-0.25, -0.2) is 0 Å². The summed E-state index contributed by atoms with van der Waals surface area (Å²) in [6.45, 7) is 19.8. The molecule has 0 fully saturated rings. The summed E-state index contributed by atoms with van der Waals surface area (Å²) in [5.74, 6) is 0. The first-order valence-electron chi connectivity index (χ1n) is 26.4. The second kappa shape index (κ2) is 23.6. The van der Waals surface area contributed by atoms with Crippen LogP contribution in [0.2, 0.25) is 0 Å². The molecular formula is C68H64Br2F3N3O3S. The minimum Gasteiger partial charge on any atom is -0.310 e. The van der Waals surface area contributed by atoms with Gasteiger partial charge in [0, 0.05) is 60.6 Å². The Kier molecular flexibility index (Phi) is 17.0. The number of fused-ring (bicyclic) bond motifs is 6. The van der Waals surface area contributed by atoms with E-state index in [0.717, 1.165) is 49.3 Å². The van der Waals surface area contributed by atoms with Gasteiger partial charge in [-0.1, -0.05) is 126 Å². The number of hydrogen-bond donors (Lipinski definition) is 0. The van der Waals surface area contributed by atoms with Crippen LogP contribution in [0.1, 0.15) is 72.3 Å². The largest absolute Gasteiger partial charge is 0.523 e. The Morgan fingerprint density at radius 1 is 0.412 bits per heavy atom. The van der Waals surface area contributed by atoms with Crippen LogP contribution in [0.15, 0.2) is 170 Å². The second-order valence-electron chi connectivity index (χ2n) is 21.0. The highest BCUT2D eigenvalue weighted by Gasteiger charge is 2.47. The maximum atomic E-state index is 12.6. The number of benzene rings is 9. The van der Waals surface area contributed by atoms with Crippen molar-refractivity contribution in [1.29, 1.82) is 0 Å². The first-order chi connectivity index (χ1) is 38.0. The molecule has 0 bridgehead atoms. The van der Waals surface area contributed by atoms with E-state index in [1.54, 1.807) is 13.8 Å². The van der Waals surface area contributed by atoms with E-state index in [4.69, 9.17) is 0 Å². The predicted octanol–water partition coefficient (Wildman–Crippen LogP) is 20.0. The Labute approximate surface area is 484 Å². The molecule has 9 aromatic carbocycles. The number of alkyl halides is 5. The Balaban J connectivity index is 0.000000148. The summed E-state index contributed by atoms with van der Waals surface area (Å²) in [4.78, 5) is 2.33. The molecule has 0 saturated carbocycles. The zero-order valence-electron chi connectivity index (χ0n) is 46.7. The molecule has 0 atom stereocenters. The second-order valence-corrected chi connectivity index (χ2v) is 23.7. The molecular weight excluding hydrogens is 1160 g/mol. The van der Waals surface area contributed by atoms with Gasteiger partial charge >= 0.3 is 15.6 Å². The van der Waals surface area contributed by atoms with Crippen LogP contribution in [-0.4, -0.2) is 23.1 Å². The highest BCUT2D eigenvalue weighted by Crippen LogP contribution is 2.39. The Bertz CT molecular complexity index is 4050. The number of hydrogen-bond acceptors (Lipinski definition) is 4. The summed E-state index contributed by atoms with van der Waals surface area (Å²) < 4.78 is 69.2. The van der Waals surface area contributed by atoms with E-state index in [1.807, 2.05) is 38.1 Å². The molecule has 11 rings (SSSR count). The van der Waals surface area contributed by atoms with Crippen LogP contribution in [0.25, 0.3) is 55.0 Å². The number of aromatic nitrogens is 2. The number of anilines is 3. The van der Waals surface area contributed by atoms with E-state index in [2.05, 4.69) is 237 Å². The van der Waals surface area contributed by atoms with Gasteiger partial charge in [0.2, 0.25) is 0 Å². The van der Waals surface area contributed by atoms with Crippen molar-refractivity contribution in [2.75, 3.05) is 4.90 Å². The summed E-state index contributed by atoms with van der Waals surface area (Å²) in [6.07, 6.45) is 0. The minimum absolute atomic E-state index is 0.411. The SMILES string of the molecule is Cc1ccc(-n2c3ccc(C)cc3c3cc(CBr)ccc32)cc1.Cc1ccc(N(c2ccc(C)cc2)c2cc(C)c(CBr)c(C)c2)cc1.Cc1ccc2c(c1)c1cc(C)ccc1n2-c1cc(C)c(COS(=O)(=O)C(F)(F)F)c(C)c1. The number of rotatable bonds is 10. The van der Waals surface area contributed by atoms with Gasteiger partial charge in [0.15, 0.2) is 0 Å². The molecule has 410 valence electrons. The molecule has 2 aromatic heterocycles. The standard InChI is InChI=1S/C24H22F3NO3S.C23H24BrN.C21H18BrN/c1-14-5-7-22-19(9-14)20-10-15(2)6-8-23(20)28(22)18-11-16(3)21(17(4)12-18)13-31-32(29,30)24(25,26)27;1-16-5-9-20(10-6-16)25(21-11-7-17(2)8-12-21)22-13-18(3)23(15-24)19(4)14-22;1-14-3-7-17(8-4-14)23-20-9-5-15(2)11-18(20)19-12-16(13-22)6-10-21(19)23/h5-12H,13H2,1-4H3;5-14H,15H2,1-4H3;3-12H,13H2,1-2H3. The predicted molar refractivity (Wildman–Crippen MR) is 335 cm³/mol. The van der Waals surface area contributed by atoms with Crippen LogP contribution < -0.4 is 4.90 Å². The zero-order chi connectivity index (χ0) is 57.4. The molecule has 0 aliphatic heterocycles. The summed E-state index contributed by atoms with van der Waals surface area (Å²) in [5, 5.41) is 6.64. The van der Waals surface area contributed by atoms with Gasteiger partial charge in [-0.3, -0.25) is 4.18 Å². The van der Waals surface area contributed by atoms with Crippen molar-refractivity contribution in [2.24, 2.45) is 0 Å². The van der Waals surface area contributed by atoms with Crippen molar-refractivity contribution in [2.45, 2.75) is 92.0 Å². The lowest BCUT2D eigenvalue weighted by atomic mass is 10.0. The molecule has 80 heavy (non-hydrogen) atoms. The Morgan fingerprint density at radius 2 is 0.775 bits per heavy atom. The van der Waals surface area contributed by atoms with Crippen LogP contribution in [0.3, 0.4) is 0 Å². The number of halogens is 5. The Hall–Kier alpha value is -6.96. The van der Waals surface area contributed by atoms with Crippen molar-refractivity contribution in [3.63, 3.8) is 0 Å². The molecule has 11 aromatic rings. The smallest absolute Gasteiger partial charge is 0.310 e. The van der Waals surface area contributed by atoms with E-state index in [9.17, 15) is 21.6 Å². The van der Waals surface area contributed by atoms with Crippen molar-refractivity contribution in [3.8, 4) is 11.4 Å². The van der Waals surface area contributed by atoms with Crippen LogP contribution in [0.4, 0.5) is 30.2 Å². The minimum atomic E-state index is -5.65. The van der Waals surface area contributed by atoms with E-state index < -0.39 is 22.2 Å². The molecule has 0 radical (unpaired) electrons. The fourth-order valence-corrected chi connectivity index (χ4v) is 12.1. The topological polar surface area (TPSA) is 56.5 Å². The number of aryl methyl sites for hydroxylation is 10. The van der Waals surface area contributed by atoms with Gasteiger partial charge < -0.3 is 14.0 Å². The van der Waals surface area contributed by atoms with E-state index in [0.29, 0.717) is 16.7 Å². The monoisotopic (exact) mass is 1220 g/mol. The maximum absolute atomic E-state index is 12.6. The molecule has 12 heteroatoms. The first kappa shape index (κ1) is 57.7. The lowest BCUT2D eigenvalue weighted by molar-refractivity contribution is -0.0548. The van der Waals surface area contributed by atoms with Gasteiger partial charge in [0.05, 0.1) is 28.7 Å². The van der Waals surface area contributed by atoms with Gasteiger partial charge in [-0.15, -0.1) is 0 Å². The molecule has 0 unspecified atom stereocenters. The quantitative estimate of drug-likeness (QED) is 0.0778. The van der Waals surface area contributed by atoms with Gasteiger partial charge in [0.1, 0.15) is 0 Å². The summed E-state index contributed by atoms with van der Waals surface area (Å²) >= 11 is 7.19. The Morgan fingerprint density at radius 3 is 1.18 bits per heavy atom. The van der Waals surface area contributed by atoms with Crippen molar-refractivity contribution < 1.29 is 25.8 Å². The molecule has 2 heterocycles. The highest BCUT2D eigenvalue weighted by molar-refractivity contribution is 9.08. The van der Waals surface area contributed by atoms with Crippen LogP contribution in [0.5, 0.6) is 0 Å². The number of nitrogens with zero attached hydrogens (tertiary/aromatic N) is 3. The van der Waals surface area contributed by atoms with Crippen molar-refractivity contribution in [3.05, 3.63) is 242 Å². The van der Waals surface area contributed by atoms with Crippen LogP contribution in [-0.2, 0) is 31.6 Å². The molecule has 0 aliphatic carbocycles. The van der Waals surface area contributed by atoms with Crippen molar-refractivity contribution in [1.82, 2.24) is 9.13 Å². The molecule has 6 nitrogen and oxygen atoms in total. The molecule has 0 aliphatic rings. The van der Waals surface area contributed by atoms with Gasteiger partial charge in [0.25, 0.3) is 0 Å². The molecule has 0 spiro atoms. The van der Waals surface area contributed by atoms with Gasteiger partial charge in [-0.05, 0) is 217 Å². The maximum Gasteiger partial charge on any atom is 0.523 e. The third-order valence-electron chi connectivity index (χ3n) is 14.7. The van der Waals surface area contributed by atoms with Gasteiger partial charge in [-0.2, -0.15) is 21.6 Å². The highest BCUT2D eigenvalue weighted by atomic mass is 79.9. The first-order valence-corrected chi connectivity index (χ1v) is 30.0. The molecule has 0 N–H and O–H groups in total. The summed E-state index contributed by atoms with van der Waals surface area (Å²) in [7, 11) is -5.65. The van der Waals surface area contributed by atoms with Crippen LogP contribution >= 0.6 is 31.9 Å². The lowest BCUT2D eigenvalue weighted by Gasteiger charge is -2.27. The summed E-state index contributed by atoms with van der Waals surface area (Å²) in [5.41, 5.74) is 19.1. The van der Waals surface area contributed by atoms with E-state index >= 15 is 0 Å². The fraction of sp³-hybridized carbons (Fsp3) is 0.206. The third kappa shape index (κ3) is 12.1. The average Bonchev–Trinajstić information content (AvgIpc) is 3.92. The van der Waals surface area contributed by atoms with Crippen LogP contribution in [0, 0.1) is 69.2 Å². The zero-order valence-corrected chi connectivity index (χ0v) is 50.6. The summed E-state index contributed by atoms with van der Waals surface area (Å²) in [6, 6.07) is 60.3. The molecule has 0 saturated heterocycles. The third-order valence-corrected chi connectivity index (χ3v) is 16.9. The van der Waals surface area contributed by atoms with E-state index in [-0.39, 0.29) is 0 Å². The lowest BCUT2D eigenvalue weighted by Crippen LogP contribution is -2.25. The normalized spacial score (nSPS) is 11.7. The van der Waals surface area contributed by atoms with E-state index in [1.165, 1.54) is 89.1 Å².